The number of unbranched alkanes of at least 4 members (excludes halogenated alkanes) is 3. The first-order valence-corrected chi connectivity index (χ1v) is 18.7. The van der Waals surface area contributed by atoms with E-state index in [1.807, 2.05) is 18.2 Å². The number of sulfone groups is 1. The van der Waals surface area contributed by atoms with E-state index in [0.29, 0.717) is 61.9 Å². The molecule has 3 aromatic carbocycles. The summed E-state index contributed by atoms with van der Waals surface area (Å²) in [5.41, 5.74) is 2.98. The molecule has 0 atom stereocenters. The summed E-state index contributed by atoms with van der Waals surface area (Å²) in [6, 6.07) is 14.7. The molecule has 0 saturated heterocycles. The standard InChI is InChI=1S/C37H44F2O10S/c1-4-44-35(40)15-11-21-47-32-14-10-13-26(31(32)17-19-36(41)45-5-2)12-8-6-7-9-20-46-29-22-28(23-30(25-29)50(3,42)43)27-16-18-33-34(24-27)49-37(38,39)48-33/h10,13-14,16,18,22-25H,4-9,11-12,15,17,19-21H2,1-3H3. The number of halogens is 2. The summed E-state index contributed by atoms with van der Waals surface area (Å²) in [7, 11) is -3.60. The molecule has 1 heterocycles. The number of rotatable bonds is 20. The normalized spacial score (nSPS) is 13.1. The topological polar surface area (TPSA) is 124 Å². The van der Waals surface area contributed by atoms with Crippen molar-refractivity contribution in [2.45, 2.75) is 82.8 Å². The molecule has 50 heavy (non-hydrogen) atoms. The van der Waals surface area contributed by atoms with E-state index >= 15 is 0 Å². The van der Waals surface area contributed by atoms with E-state index in [2.05, 4.69) is 9.47 Å². The quantitative estimate of drug-likeness (QED) is 0.0858. The molecule has 0 aromatic heterocycles. The maximum Gasteiger partial charge on any atom is 0.586 e. The first kappa shape index (κ1) is 38.4. The fourth-order valence-electron chi connectivity index (χ4n) is 5.48. The van der Waals surface area contributed by atoms with Crippen molar-refractivity contribution < 1.29 is 55.2 Å². The van der Waals surface area contributed by atoms with Gasteiger partial charge in [0.25, 0.3) is 0 Å². The van der Waals surface area contributed by atoms with Crippen LogP contribution in [-0.4, -0.2) is 59.3 Å². The molecule has 1 aliphatic heterocycles. The van der Waals surface area contributed by atoms with Crippen LogP contribution in [0.15, 0.2) is 59.5 Å². The van der Waals surface area contributed by atoms with Gasteiger partial charge < -0.3 is 28.4 Å². The first-order valence-electron chi connectivity index (χ1n) is 16.8. The van der Waals surface area contributed by atoms with Crippen LogP contribution >= 0.6 is 0 Å². The Morgan fingerprint density at radius 2 is 1.44 bits per heavy atom. The van der Waals surface area contributed by atoms with Gasteiger partial charge in [-0.15, -0.1) is 8.78 Å². The molecule has 0 fully saturated rings. The van der Waals surface area contributed by atoms with Crippen molar-refractivity contribution in [2.24, 2.45) is 0 Å². The van der Waals surface area contributed by atoms with Crippen LogP contribution < -0.4 is 18.9 Å². The molecule has 4 rings (SSSR count). The molecule has 0 radical (unpaired) electrons. The highest BCUT2D eigenvalue weighted by Gasteiger charge is 2.43. The second-order valence-electron chi connectivity index (χ2n) is 11.8. The van der Waals surface area contributed by atoms with Gasteiger partial charge in [-0.1, -0.05) is 31.0 Å². The Kier molecular flexibility index (Phi) is 13.8. The molecular formula is C37H44F2O10S. The Morgan fingerprint density at radius 1 is 0.740 bits per heavy atom. The summed E-state index contributed by atoms with van der Waals surface area (Å²) >= 11 is 0. The molecule has 0 aliphatic carbocycles. The molecule has 0 amide bonds. The van der Waals surface area contributed by atoms with Gasteiger partial charge in [0, 0.05) is 19.1 Å². The van der Waals surface area contributed by atoms with E-state index in [0.717, 1.165) is 49.5 Å². The number of hydrogen-bond acceptors (Lipinski definition) is 10. The molecule has 3 aromatic rings. The van der Waals surface area contributed by atoms with Crippen LogP contribution in [0.3, 0.4) is 0 Å². The Balaban J connectivity index is 1.31. The van der Waals surface area contributed by atoms with Crippen molar-refractivity contribution in [2.75, 3.05) is 32.7 Å². The van der Waals surface area contributed by atoms with Crippen molar-refractivity contribution in [3.05, 3.63) is 65.7 Å². The third-order valence-corrected chi connectivity index (χ3v) is 8.95. The van der Waals surface area contributed by atoms with Gasteiger partial charge in [0.15, 0.2) is 21.3 Å². The van der Waals surface area contributed by atoms with Crippen molar-refractivity contribution >= 4 is 21.8 Å². The predicted molar refractivity (Wildman–Crippen MR) is 182 cm³/mol. The van der Waals surface area contributed by atoms with Crippen molar-refractivity contribution in [3.63, 3.8) is 0 Å². The number of fused-ring (bicyclic) bond motifs is 1. The molecule has 0 N–H and O–H groups in total. The van der Waals surface area contributed by atoms with Crippen LogP contribution in [0.25, 0.3) is 11.1 Å². The zero-order valence-corrected chi connectivity index (χ0v) is 29.5. The number of alkyl halides is 2. The SMILES string of the molecule is CCOC(=O)CCCOc1cccc(CCCCCCOc2cc(-c3ccc4c(c3)OC(F)(F)O4)cc(S(C)(=O)=O)c2)c1CCC(=O)OCC. The van der Waals surface area contributed by atoms with E-state index in [-0.39, 0.29) is 41.2 Å². The minimum atomic E-state index is -3.76. The zero-order valence-electron chi connectivity index (χ0n) is 28.6. The largest absolute Gasteiger partial charge is 0.586 e. The highest BCUT2D eigenvalue weighted by Crippen LogP contribution is 2.43. The summed E-state index contributed by atoms with van der Waals surface area (Å²) < 4.78 is 83.0. The Bertz CT molecular complexity index is 1730. The first-order chi connectivity index (χ1) is 23.9. The lowest BCUT2D eigenvalue weighted by molar-refractivity contribution is -0.286. The molecule has 10 nitrogen and oxygen atoms in total. The monoisotopic (exact) mass is 718 g/mol. The van der Waals surface area contributed by atoms with Gasteiger partial charge in [0.05, 0.1) is 31.3 Å². The van der Waals surface area contributed by atoms with Crippen LogP contribution in [-0.2, 0) is 41.7 Å². The van der Waals surface area contributed by atoms with Crippen LogP contribution in [0, 0.1) is 0 Å². The molecule has 13 heteroatoms. The van der Waals surface area contributed by atoms with E-state index in [1.54, 1.807) is 26.0 Å². The molecule has 0 bridgehead atoms. The van der Waals surface area contributed by atoms with E-state index in [4.69, 9.17) is 18.9 Å². The van der Waals surface area contributed by atoms with Gasteiger partial charge in [-0.05, 0) is 105 Å². The average Bonchev–Trinajstić information content (AvgIpc) is 3.38. The fourth-order valence-corrected chi connectivity index (χ4v) is 6.15. The molecule has 1 aliphatic rings. The summed E-state index contributed by atoms with van der Waals surface area (Å²) in [6.45, 7) is 4.88. The lowest BCUT2D eigenvalue weighted by Gasteiger charge is -2.16. The van der Waals surface area contributed by atoms with Gasteiger partial charge in [0.1, 0.15) is 11.5 Å². The molecular weight excluding hydrogens is 674 g/mol. The van der Waals surface area contributed by atoms with Gasteiger partial charge in [0.2, 0.25) is 0 Å². The van der Waals surface area contributed by atoms with Crippen molar-refractivity contribution in [1.82, 2.24) is 0 Å². The Morgan fingerprint density at radius 3 is 2.18 bits per heavy atom. The second-order valence-corrected chi connectivity index (χ2v) is 13.8. The van der Waals surface area contributed by atoms with E-state index < -0.39 is 16.1 Å². The third-order valence-electron chi connectivity index (χ3n) is 7.85. The average molecular weight is 719 g/mol. The summed E-state index contributed by atoms with van der Waals surface area (Å²) in [5, 5.41) is 0. The minimum absolute atomic E-state index is 0.0389. The number of carbonyl (C=O) groups excluding carboxylic acids is 2. The van der Waals surface area contributed by atoms with E-state index in [9.17, 15) is 26.8 Å². The molecule has 0 spiro atoms. The number of hydrogen-bond donors (Lipinski definition) is 0. The van der Waals surface area contributed by atoms with E-state index in [1.165, 1.54) is 24.3 Å². The van der Waals surface area contributed by atoms with Gasteiger partial charge in [-0.2, -0.15) is 0 Å². The maximum absolute atomic E-state index is 13.5. The lowest BCUT2D eigenvalue weighted by atomic mass is 9.96. The molecule has 0 unspecified atom stereocenters. The summed E-state index contributed by atoms with van der Waals surface area (Å²) in [4.78, 5) is 23.8. The summed E-state index contributed by atoms with van der Waals surface area (Å²) in [6.07, 6.45) is 2.96. The molecule has 0 saturated carbocycles. The van der Waals surface area contributed by atoms with Crippen LogP contribution in [0.1, 0.15) is 69.9 Å². The number of ether oxygens (including phenoxy) is 6. The van der Waals surface area contributed by atoms with Gasteiger partial charge in [-0.25, -0.2) is 8.42 Å². The third kappa shape index (κ3) is 11.6. The van der Waals surface area contributed by atoms with Crippen LogP contribution in [0.5, 0.6) is 23.0 Å². The maximum atomic E-state index is 13.5. The number of esters is 2. The fraction of sp³-hybridized carbons (Fsp3) is 0.459. The predicted octanol–water partition coefficient (Wildman–Crippen LogP) is 7.48. The van der Waals surface area contributed by atoms with Crippen LogP contribution in [0.4, 0.5) is 8.78 Å². The number of benzene rings is 3. The smallest absolute Gasteiger partial charge is 0.494 e. The molecule has 272 valence electrons. The number of aryl methyl sites for hydroxylation is 1. The second kappa shape index (κ2) is 18.0. The van der Waals surface area contributed by atoms with Crippen molar-refractivity contribution in [1.29, 1.82) is 0 Å². The minimum Gasteiger partial charge on any atom is -0.494 e. The van der Waals surface area contributed by atoms with Gasteiger partial charge in [-0.3, -0.25) is 9.59 Å². The highest BCUT2D eigenvalue weighted by atomic mass is 32.2. The highest BCUT2D eigenvalue weighted by molar-refractivity contribution is 7.90. The van der Waals surface area contributed by atoms with Crippen LogP contribution in [0.2, 0.25) is 0 Å². The van der Waals surface area contributed by atoms with Gasteiger partial charge >= 0.3 is 18.2 Å². The summed E-state index contributed by atoms with van der Waals surface area (Å²) in [5.74, 6) is 0.255. The lowest BCUT2D eigenvalue weighted by Crippen LogP contribution is -2.25. The Labute approximate surface area is 291 Å². The number of carbonyl (C=O) groups is 2. The zero-order chi connectivity index (χ0) is 36.1. The Hall–Kier alpha value is -4.39. The van der Waals surface area contributed by atoms with Crippen molar-refractivity contribution in [3.8, 4) is 34.1 Å².